The average Bonchev–Trinajstić information content (AvgIpc) is 3.08. The molecule has 0 spiro atoms. The zero-order valence-corrected chi connectivity index (χ0v) is 15.6. The Morgan fingerprint density at radius 3 is 2.58 bits per heavy atom. The van der Waals surface area contributed by atoms with Crippen molar-refractivity contribution in [1.82, 2.24) is 14.7 Å². The number of likely N-dealkylation sites (tertiary alicyclic amines) is 2. The fourth-order valence-electron chi connectivity index (χ4n) is 4.54. The van der Waals surface area contributed by atoms with Crippen molar-refractivity contribution in [3.63, 3.8) is 0 Å². The van der Waals surface area contributed by atoms with E-state index in [1.807, 2.05) is 0 Å². The van der Waals surface area contributed by atoms with Crippen LogP contribution in [0.4, 0.5) is 0 Å². The van der Waals surface area contributed by atoms with Gasteiger partial charge in [0, 0.05) is 31.8 Å². The lowest BCUT2D eigenvalue weighted by Crippen LogP contribution is -2.50. The molecule has 0 N–H and O–H groups in total. The Kier molecular flexibility index (Phi) is 6.53. The summed E-state index contributed by atoms with van der Waals surface area (Å²) in [5.74, 6) is 1.07. The molecule has 0 aliphatic carbocycles. The van der Waals surface area contributed by atoms with Crippen molar-refractivity contribution < 1.29 is 9.53 Å². The predicted octanol–water partition coefficient (Wildman–Crippen LogP) is 1.82. The summed E-state index contributed by atoms with van der Waals surface area (Å²) in [5, 5.41) is 0. The fourth-order valence-corrected chi connectivity index (χ4v) is 4.54. The highest BCUT2D eigenvalue weighted by atomic mass is 16.5. The zero-order valence-electron chi connectivity index (χ0n) is 15.6. The van der Waals surface area contributed by atoms with E-state index in [9.17, 15) is 4.79 Å². The number of piperidine rings is 2. The van der Waals surface area contributed by atoms with Crippen molar-refractivity contribution in [2.45, 2.75) is 57.5 Å². The van der Waals surface area contributed by atoms with Crippen molar-refractivity contribution in [3.8, 4) is 0 Å². The van der Waals surface area contributed by atoms with Gasteiger partial charge in [0.05, 0.1) is 13.2 Å². The van der Waals surface area contributed by atoms with E-state index in [4.69, 9.17) is 4.74 Å². The fraction of sp³-hybridized carbons (Fsp3) is 0.947. The minimum atomic E-state index is 0.329. The van der Waals surface area contributed by atoms with E-state index in [0.29, 0.717) is 24.5 Å². The van der Waals surface area contributed by atoms with E-state index >= 15 is 0 Å². The normalized spacial score (nSPS) is 30.2. The van der Waals surface area contributed by atoms with Gasteiger partial charge < -0.3 is 14.5 Å². The lowest BCUT2D eigenvalue weighted by atomic mass is 10.0. The molecule has 0 saturated carbocycles. The number of carbonyl (C=O) groups excluding carboxylic acids is 1. The zero-order chi connectivity index (χ0) is 16.9. The van der Waals surface area contributed by atoms with Crippen LogP contribution in [0.3, 0.4) is 0 Å². The number of amides is 1. The number of likely N-dealkylation sites (N-methyl/N-ethyl adjacent to an activating group) is 1. The monoisotopic (exact) mass is 337 g/mol. The standard InChI is InChI=1S/C19H35N3O2/c1-16-5-3-4-9-22(16)19(23)14-20(2)18-6-10-21(11-7-18)13-17-8-12-24-15-17/h16-18H,3-15H2,1-2H3/t16-,17-/m1/s1. The van der Waals surface area contributed by atoms with Crippen molar-refractivity contribution in [2.24, 2.45) is 5.92 Å². The Bertz CT molecular complexity index is 403. The summed E-state index contributed by atoms with van der Waals surface area (Å²) in [6.07, 6.45) is 7.20. The van der Waals surface area contributed by atoms with Gasteiger partial charge in [-0.3, -0.25) is 9.69 Å². The summed E-state index contributed by atoms with van der Waals surface area (Å²) in [6, 6.07) is 0.986. The molecule has 5 nitrogen and oxygen atoms in total. The summed E-state index contributed by atoms with van der Waals surface area (Å²) in [5.41, 5.74) is 0. The molecule has 24 heavy (non-hydrogen) atoms. The Labute approximate surface area is 147 Å². The SMILES string of the molecule is C[C@@H]1CCCCN1C(=O)CN(C)C1CCN(C[C@H]2CCOC2)CC1. The lowest BCUT2D eigenvalue weighted by molar-refractivity contribution is -0.136. The molecule has 0 bridgehead atoms. The van der Waals surface area contributed by atoms with Crippen LogP contribution in [0.1, 0.15) is 45.4 Å². The summed E-state index contributed by atoms with van der Waals surface area (Å²) >= 11 is 0. The summed E-state index contributed by atoms with van der Waals surface area (Å²) in [6.45, 7) is 9.16. The Hall–Kier alpha value is -0.650. The molecule has 0 unspecified atom stereocenters. The van der Waals surface area contributed by atoms with Gasteiger partial charge in [-0.15, -0.1) is 0 Å². The van der Waals surface area contributed by atoms with E-state index in [1.165, 1.54) is 58.2 Å². The van der Waals surface area contributed by atoms with Crippen LogP contribution in [0.2, 0.25) is 0 Å². The van der Waals surface area contributed by atoms with Gasteiger partial charge in [-0.1, -0.05) is 0 Å². The van der Waals surface area contributed by atoms with Crippen molar-refractivity contribution in [3.05, 3.63) is 0 Å². The smallest absolute Gasteiger partial charge is 0.236 e. The second kappa shape index (κ2) is 8.63. The molecule has 0 radical (unpaired) electrons. The molecule has 3 rings (SSSR count). The van der Waals surface area contributed by atoms with E-state index in [1.54, 1.807) is 0 Å². The number of hydrogen-bond donors (Lipinski definition) is 0. The van der Waals surface area contributed by atoms with Crippen molar-refractivity contribution in [1.29, 1.82) is 0 Å². The maximum Gasteiger partial charge on any atom is 0.236 e. The summed E-state index contributed by atoms with van der Waals surface area (Å²) in [4.78, 5) is 19.6. The summed E-state index contributed by atoms with van der Waals surface area (Å²) < 4.78 is 5.49. The van der Waals surface area contributed by atoms with Gasteiger partial charge in [-0.05, 0) is 71.5 Å². The van der Waals surface area contributed by atoms with Crippen LogP contribution in [0.15, 0.2) is 0 Å². The van der Waals surface area contributed by atoms with Gasteiger partial charge in [0.15, 0.2) is 0 Å². The quantitative estimate of drug-likeness (QED) is 0.767. The van der Waals surface area contributed by atoms with Crippen LogP contribution in [-0.2, 0) is 9.53 Å². The highest BCUT2D eigenvalue weighted by Crippen LogP contribution is 2.21. The molecule has 3 aliphatic heterocycles. The third kappa shape index (κ3) is 4.70. The Balaban J connectivity index is 1.39. The van der Waals surface area contributed by atoms with Crippen LogP contribution in [0.25, 0.3) is 0 Å². The maximum absolute atomic E-state index is 12.6. The first kappa shape index (κ1) is 18.2. The first-order chi connectivity index (χ1) is 11.6. The van der Waals surface area contributed by atoms with Gasteiger partial charge in [-0.25, -0.2) is 0 Å². The molecular weight excluding hydrogens is 302 g/mol. The second-order valence-corrected chi connectivity index (χ2v) is 8.11. The van der Waals surface area contributed by atoms with Gasteiger partial charge in [0.1, 0.15) is 0 Å². The number of ether oxygens (including phenoxy) is 1. The third-order valence-corrected chi connectivity index (χ3v) is 6.23. The van der Waals surface area contributed by atoms with E-state index in [2.05, 4.69) is 28.7 Å². The predicted molar refractivity (Wildman–Crippen MR) is 96.0 cm³/mol. The van der Waals surface area contributed by atoms with Gasteiger partial charge in [-0.2, -0.15) is 0 Å². The van der Waals surface area contributed by atoms with Crippen molar-refractivity contribution >= 4 is 5.91 Å². The third-order valence-electron chi connectivity index (χ3n) is 6.23. The molecule has 0 aromatic rings. The molecular formula is C19H35N3O2. The molecule has 2 atom stereocenters. The topological polar surface area (TPSA) is 36.0 Å². The first-order valence-corrected chi connectivity index (χ1v) is 9.93. The Morgan fingerprint density at radius 1 is 1.12 bits per heavy atom. The van der Waals surface area contributed by atoms with E-state index < -0.39 is 0 Å². The minimum Gasteiger partial charge on any atom is -0.381 e. The van der Waals surface area contributed by atoms with Crippen LogP contribution in [0, 0.1) is 5.92 Å². The maximum atomic E-state index is 12.6. The van der Waals surface area contributed by atoms with E-state index in [-0.39, 0.29) is 0 Å². The molecule has 3 heterocycles. The number of nitrogens with zero attached hydrogens (tertiary/aromatic N) is 3. The number of rotatable bonds is 5. The van der Waals surface area contributed by atoms with Gasteiger partial charge >= 0.3 is 0 Å². The summed E-state index contributed by atoms with van der Waals surface area (Å²) in [7, 11) is 2.14. The molecule has 3 saturated heterocycles. The molecule has 5 heteroatoms. The highest BCUT2D eigenvalue weighted by molar-refractivity contribution is 5.78. The van der Waals surface area contributed by atoms with Crippen molar-refractivity contribution in [2.75, 3.05) is 53.0 Å². The molecule has 0 aromatic heterocycles. The molecule has 0 aromatic carbocycles. The number of carbonyl (C=O) groups is 1. The van der Waals surface area contributed by atoms with Gasteiger partial charge in [0.2, 0.25) is 5.91 Å². The minimum absolute atomic E-state index is 0.329. The Morgan fingerprint density at radius 2 is 1.92 bits per heavy atom. The largest absolute Gasteiger partial charge is 0.381 e. The van der Waals surface area contributed by atoms with Crippen LogP contribution in [-0.4, -0.2) is 85.7 Å². The molecule has 1 amide bonds. The van der Waals surface area contributed by atoms with Crippen LogP contribution in [0.5, 0.6) is 0 Å². The second-order valence-electron chi connectivity index (χ2n) is 8.11. The van der Waals surface area contributed by atoms with Gasteiger partial charge in [0.25, 0.3) is 0 Å². The molecule has 138 valence electrons. The molecule has 3 aliphatic rings. The lowest BCUT2D eigenvalue weighted by Gasteiger charge is -2.39. The first-order valence-electron chi connectivity index (χ1n) is 9.93. The molecule has 3 fully saturated rings. The highest BCUT2D eigenvalue weighted by Gasteiger charge is 2.29. The van der Waals surface area contributed by atoms with Crippen LogP contribution >= 0.6 is 0 Å². The number of hydrogen-bond acceptors (Lipinski definition) is 4. The average molecular weight is 338 g/mol. The van der Waals surface area contributed by atoms with Crippen LogP contribution < -0.4 is 0 Å². The van der Waals surface area contributed by atoms with E-state index in [0.717, 1.165) is 25.7 Å².